The lowest BCUT2D eigenvalue weighted by Gasteiger charge is -2.33. The molecule has 0 aliphatic rings. The maximum atomic E-state index is 11.1. The van der Waals surface area contributed by atoms with Crippen molar-refractivity contribution in [1.82, 2.24) is 10.0 Å². The number of hydrogen-bond donors (Lipinski definition) is 0. The zero-order valence-electron chi connectivity index (χ0n) is 28.8. The zero-order valence-corrected chi connectivity index (χ0v) is 28.8. The molecule has 0 amide bonds. The first-order valence-corrected chi connectivity index (χ1v) is 18.3. The highest BCUT2D eigenvalue weighted by Gasteiger charge is 2.15. The number of Topliss-reactive ketones (excluding diaryl/α,β-unsaturated/α-hetero) is 1. The molecule has 0 aliphatic carbocycles. The van der Waals surface area contributed by atoms with Crippen molar-refractivity contribution in [3.63, 3.8) is 0 Å². The van der Waals surface area contributed by atoms with Gasteiger partial charge in [0, 0.05) is 33.6 Å². The molecule has 240 valence electrons. The van der Waals surface area contributed by atoms with Gasteiger partial charge in [-0.1, -0.05) is 168 Å². The van der Waals surface area contributed by atoms with E-state index in [0.717, 1.165) is 18.8 Å². The molecule has 2 unspecified atom stereocenters. The summed E-state index contributed by atoms with van der Waals surface area (Å²) in [5.74, 6) is 1.36. The second-order valence-corrected chi connectivity index (χ2v) is 13.4. The van der Waals surface area contributed by atoms with Gasteiger partial charge in [0.2, 0.25) is 0 Å². The standard InChI is InChI=1S/C37H76N2O/c1-7-9-11-25-31-36(30-10-8-2)32-26-21-16-14-12-13-15-17-22-27-33-37(39(6)38(4)5)34-28-23-19-18-20-24-29-35(3)40/h36-37H,7-34H2,1-6H3. The number of nitrogens with zero attached hydrogens (tertiary/aromatic N) is 2. The molecular weight excluding hydrogens is 488 g/mol. The number of rotatable bonds is 32. The van der Waals surface area contributed by atoms with E-state index in [4.69, 9.17) is 0 Å². The fraction of sp³-hybridized carbons (Fsp3) is 0.973. The first kappa shape index (κ1) is 39.6. The Morgan fingerprint density at radius 3 is 1.23 bits per heavy atom. The van der Waals surface area contributed by atoms with Gasteiger partial charge in [0.1, 0.15) is 5.78 Å². The maximum Gasteiger partial charge on any atom is 0.129 e. The molecule has 40 heavy (non-hydrogen) atoms. The number of hydrogen-bond acceptors (Lipinski definition) is 3. The van der Waals surface area contributed by atoms with Crippen LogP contribution in [0, 0.1) is 5.92 Å². The second-order valence-electron chi connectivity index (χ2n) is 13.4. The molecule has 0 saturated heterocycles. The summed E-state index contributed by atoms with van der Waals surface area (Å²) in [5.41, 5.74) is 0. The minimum Gasteiger partial charge on any atom is -0.300 e. The Hall–Kier alpha value is -0.410. The highest BCUT2D eigenvalue weighted by molar-refractivity contribution is 5.75. The molecule has 0 bridgehead atoms. The van der Waals surface area contributed by atoms with E-state index in [2.05, 4.69) is 45.0 Å². The fourth-order valence-electron chi connectivity index (χ4n) is 6.32. The van der Waals surface area contributed by atoms with E-state index in [0.29, 0.717) is 11.8 Å². The van der Waals surface area contributed by atoms with Crippen molar-refractivity contribution >= 4 is 5.78 Å². The van der Waals surface area contributed by atoms with Crippen molar-refractivity contribution < 1.29 is 4.79 Å². The molecule has 0 saturated carbocycles. The minimum absolute atomic E-state index is 0.342. The predicted molar refractivity (Wildman–Crippen MR) is 180 cm³/mol. The van der Waals surface area contributed by atoms with Gasteiger partial charge < -0.3 is 4.79 Å². The number of carbonyl (C=O) groups is 1. The maximum absolute atomic E-state index is 11.1. The molecule has 3 nitrogen and oxygen atoms in total. The van der Waals surface area contributed by atoms with Crippen LogP contribution in [-0.2, 0) is 4.79 Å². The van der Waals surface area contributed by atoms with Crippen molar-refractivity contribution in [2.45, 2.75) is 207 Å². The van der Waals surface area contributed by atoms with Crippen LogP contribution in [0.3, 0.4) is 0 Å². The number of ketones is 1. The zero-order chi connectivity index (χ0) is 29.7. The lowest BCUT2D eigenvalue weighted by Crippen LogP contribution is -2.41. The first-order valence-electron chi connectivity index (χ1n) is 18.3. The van der Waals surface area contributed by atoms with E-state index < -0.39 is 0 Å². The van der Waals surface area contributed by atoms with Gasteiger partial charge in [-0.2, -0.15) is 0 Å². The summed E-state index contributed by atoms with van der Waals surface area (Å²) in [4.78, 5) is 11.1. The molecule has 0 spiro atoms. The summed E-state index contributed by atoms with van der Waals surface area (Å²) in [6.45, 7) is 6.38. The molecule has 0 aromatic rings. The van der Waals surface area contributed by atoms with Gasteiger partial charge in [0.25, 0.3) is 0 Å². The van der Waals surface area contributed by atoms with Crippen LogP contribution in [0.5, 0.6) is 0 Å². The van der Waals surface area contributed by atoms with E-state index in [-0.39, 0.29) is 0 Å². The van der Waals surface area contributed by atoms with Gasteiger partial charge in [-0.05, 0) is 32.1 Å². The molecule has 3 heteroatoms. The topological polar surface area (TPSA) is 23.6 Å². The van der Waals surface area contributed by atoms with Crippen LogP contribution < -0.4 is 0 Å². The van der Waals surface area contributed by atoms with Gasteiger partial charge in [-0.15, -0.1) is 0 Å². The van der Waals surface area contributed by atoms with Crippen molar-refractivity contribution in [2.24, 2.45) is 5.92 Å². The van der Waals surface area contributed by atoms with Crippen LogP contribution in [0.2, 0.25) is 0 Å². The third-order valence-corrected chi connectivity index (χ3v) is 9.31. The van der Waals surface area contributed by atoms with Gasteiger partial charge in [-0.3, -0.25) is 0 Å². The highest BCUT2D eigenvalue weighted by Crippen LogP contribution is 2.24. The molecule has 0 aromatic carbocycles. The summed E-state index contributed by atoms with van der Waals surface area (Å²) in [6.07, 6.45) is 38.5. The lowest BCUT2D eigenvalue weighted by atomic mass is 9.90. The van der Waals surface area contributed by atoms with Crippen LogP contribution in [0.25, 0.3) is 0 Å². The Balaban J connectivity index is 3.80. The van der Waals surface area contributed by atoms with E-state index in [1.807, 2.05) is 0 Å². The second kappa shape index (κ2) is 30.1. The van der Waals surface area contributed by atoms with Crippen LogP contribution in [0.15, 0.2) is 0 Å². The summed E-state index contributed by atoms with van der Waals surface area (Å²) in [7, 11) is 6.63. The third kappa shape index (κ3) is 26.5. The van der Waals surface area contributed by atoms with Crippen molar-refractivity contribution in [1.29, 1.82) is 0 Å². The van der Waals surface area contributed by atoms with Crippen molar-refractivity contribution in [3.8, 4) is 0 Å². The first-order chi connectivity index (χ1) is 19.4. The van der Waals surface area contributed by atoms with E-state index in [1.165, 1.54) is 167 Å². The Kier molecular flexibility index (Phi) is 29.8. The summed E-state index contributed by atoms with van der Waals surface area (Å²) in [5, 5.41) is 4.73. The minimum atomic E-state index is 0.342. The van der Waals surface area contributed by atoms with Crippen LogP contribution in [0.1, 0.15) is 201 Å². The Morgan fingerprint density at radius 2 is 0.825 bits per heavy atom. The van der Waals surface area contributed by atoms with Gasteiger partial charge >= 0.3 is 0 Å². The largest absolute Gasteiger partial charge is 0.300 e. The predicted octanol–water partition coefficient (Wildman–Crippen LogP) is 11.9. The monoisotopic (exact) mass is 565 g/mol. The molecule has 0 radical (unpaired) electrons. The third-order valence-electron chi connectivity index (χ3n) is 9.31. The summed E-state index contributed by atoms with van der Waals surface area (Å²) >= 11 is 0. The molecule has 0 rings (SSSR count). The number of carbonyl (C=O) groups excluding carboxylic acids is 1. The highest BCUT2D eigenvalue weighted by atomic mass is 16.1. The Morgan fingerprint density at radius 1 is 0.475 bits per heavy atom. The molecule has 2 atom stereocenters. The van der Waals surface area contributed by atoms with E-state index in [1.54, 1.807) is 6.92 Å². The Bertz CT molecular complexity index is 520. The number of unbranched alkanes of at least 4 members (excludes halogenated alkanes) is 18. The van der Waals surface area contributed by atoms with Crippen LogP contribution in [0.4, 0.5) is 0 Å². The van der Waals surface area contributed by atoms with Gasteiger partial charge in [0.05, 0.1) is 0 Å². The Labute approximate surface area is 254 Å². The van der Waals surface area contributed by atoms with Crippen molar-refractivity contribution in [3.05, 3.63) is 0 Å². The molecule has 0 heterocycles. The quantitative estimate of drug-likeness (QED) is 0.0599. The number of hydrazine groups is 1. The van der Waals surface area contributed by atoms with E-state index >= 15 is 0 Å². The molecule has 0 aromatic heterocycles. The molecule has 0 fully saturated rings. The average molecular weight is 565 g/mol. The smallest absolute Gasteiger partial charge is 0.129 e. The van der Waals surface area contributed by atoms with Gasteiger partial charge in [-0.25, -0.2) is 10.0 Å². The van der Waals surface area contributed by atoms with Crippen molar-refractivity contribution in [2.75, 3.05) is 21.1 Å². The summed E-state index contributed by atoms with van der Waals surface area (Å²) in [6, 6.07) is 0.686. The fourth-order valence-corrected chi connectivity index (χ4v) is 6.32. The molecule has 0 N–H and O–H groups in total. The normalized spacial score (nSPS) is 13.4. The lowest BCUT2D eigenvalue weighted by molar-refractivity contribution is -0.117. The van der Waals surface area contributed by atoms with Crippen LogP contribution >= 0.6 is 0 Å². The summed E-state index contributed by atoms with van der Waals surface area (Å²) < 4.78 is 0. The molecular formula is C37H76N2O. The SMILES string of the molecule is CCCCCCC(CCCC)CCCCCCCCCCCCC(CCCCCCCCC(C)=O)N(C)N(C)C. The van der Waals surface area contributed by atoms with E-state index in [9.17, 15) is 4.79 Å². The van der Waals surface area contributed by atoms with Gasteiger partial charge in [0.15, 0.2) is 0 Å². The molecule has 0 aliphatic heterocycles. The van der Waals surface area contributed by atoms with Crippen LogP contribution in [-0.4, -0.2) is 43.0 Å². The average Bonchev–Trinajstić information content (AvgIpc) is 2.93.